The number of hydrogen-bond donors (Lipinski definition) is 1. The van der Waals surface area contributed by atoms with E-state index in [9.17, 15) is 13.2 Å². The molecule has 0 saturated heterocycles. The summed E-state index contributed by atoms with van der Waals surface area (Å²) < 4.78 is 22.3. The van der Waals surface area contributed by atoms with Crippen molar-refractivity contribution in [3.05, 3.63) is 40.9 Å². The summed E-state index contributed by atoms with van der Waals surface area (Å²) in [6, 6.07) is 6.90. The van der Waals surface area contributed by atoms with E-state index in [1.165, 1.54) is 23.0 Å². The second kappa shape index (κ2) is 5.10. The van der Waals surface area contributed by atoms with Gasteiger partial charge in [-0.1, -0.05) is 24.3 Å². The minimum atomic E-state index is -3.05. The Kier molecular flexibility index (Phi) is 3.68. The number of thiazole rings is 1. The molecular formula is C12H11NO4S2. The van der Waals surface area contributed by atoms with Gasteiger partial charge in [-0.15, -0.1) is 11.3 Å². The summed E-state index contributed by atoms with van der Waals surface area (Å²) in [6.07, 6.45) is 1.18. The molecule has 0 fully saturated rings. The van der Waals surface area contributed by atoms with E-state index in [0.29, 0.717) is 10.6 Å². The molecule has 2 aromatic rings. The molecule has 0 bridgehead atoms. The lowest BCUT2D eigenvalue weighted by Crippen LogP contribution is -2.00. The highest BCUT2D eigenvalue weighted by Crippen LogP contribution is 2.24. The third-order valence-corrected chi connectivity index (χ3v) is 4.10. The quantitative estimate of drug-likeness (QED) is 0.933. The van der Waals surface area contributed by atoms with Crippen molar-refractivity contribution < 1.29 is 18.3 Å². The van der Waals surface area contributed by atoms with Crippen LogP contribution in [0.4, 0.5) is 0 Å². The highest BCUT2D eigenvalue weighted by molar-refractivity contribution is 7.89. The molecule has 19 heavy (non-hydrogen) atoms. The molecule has 5 nitrogen and oxygen atoms in total. The number of sulfone groups is 1. The number of benzene rings is 1. The van der Waals surface area contributed by atoms with E-state index >= 15 is 0 Å². The maximum atomic E-state index is 11.2. The molecule has 0 amide bonds. The summed E-state index contributed by atoms with van der Waals surface area (Å²) in [5.41, 5.74) is 1.48. The number of aromatic carboxylic acids is 1. The summed E-state index contributed by atoms with van der Waals surface area (Å²) in [5, 5.41) is 10.9. The SMILES string of the molecule is CS(=O)(=O)Cc1ccc(-c2nc(C(=O)O)cs2)cc1. The van der Waals surface area contributed by atoms with Gasteiger partial charge in [-0.2, -0.15) is 0 Å². The van der Waals surface area contributed by atoms with Gasteiger partial charge in [0.15, 0.2) is 15.5 Å². The minimum absolute atomic E-state index is 0.00841. The Labute approximate surface area is 114 Å². The van der Waals surface area contributed by atoms with Crippen LogP contribution in [0.25, 0.3) is 10.6 Å². The van der Waals surface area contributed by atoms with Crippen molar-refractivity contribution >= 4 is 27.1 Å². The van der Waals surface area contributed by atoms with Gasteiger partial charge < -0.3 is 5.11 Å². The van der Waals surface area contributed by atoms with E-state index in [1.807, 2.05) is 0 Å². The van der Waals surface area contributed by atoms with Crippen LogP contribution in [0.1, 0.15) is 16.1 Å². The van der Waals surface area contributed by atoms with Gasteiger partial charge in [-0.05, 0) is 5.56 Å². The Morgan fingerprint density at radius 1 is 1.32 bits per heavy atom. The minimum Gasteiger partial charge on any atom is -0.476 e. The van der Waals surface area contributed by atoms with E-state index in [-0.39, 0.29) is 11.4 Å². The van der Waals surface area contributed by atoms with Crippen LogP contribution in [0.2, 0.25) is 0 Å². The van der Waals surface area contributed by atoms with Gasteiger partial charge in [-0.3, -0.25) is 0 Å². The fourth-order valence-electron chi connectivity index (χ4n) is 1.55. The molecule has 0 radical (unpaired) electrons. The lowest BCUT2D eigenvalue weighted by atomic mass is 10.2. The third-order valence-electron chi connectivity index (χ3n) is 2.35. The van der Waals surface area contributed by atoms with E-state index in [0.717, 1.165) is 5.56 Å². The van der Waals surface area contributed by atoms with Crippen molar-refractivity contribution in [2.45, 2.75) is 5.75 Å². The molecule has 0 aliphatic heterocycles. The normalized spacial score (nSPS) is 11.4. The lowest BCUT2D eigenvalue weighted by molar-refractivity contribution is 0.0691. The Bertz CT molecular complexity index is 702. The average Bonchev–Trinajstić information content (AvgIpc) is 2.77. The molecule has 0 aliphatic rings. The molecule has 0 saturated carbocycles. The standard InChI is InChI=1S/C12H11NO4S2/c1-19(16,17)7-8-2-4-9(5-3-8)11-13-10(6-18-11)12(14)15/h2-6H,7H2,1H3,(H,14,15). The van der Waals surface area contributed by atoms with E-state index in [4.69, 9.17) is 5.11 Å². The van der Waals surface area contributed by atoms with Crippen LogP contribution in [-0.4, -0.2) is 30.7 Å². The molecule has 100 valence electrons. The molecule has 0 aliphatic carbocycles. The molecule has 7 heteroatoms. The van der Waals surface area contributed by atoms with Gasteiger partial charge in [0, 0.05) is 17.2 Å². The first-order chi connectivity index (χ1) is 8.85. The zero-order chi connectivity index (χ0) is 14.0. The van der Waals surface area contributed by atoms with E-state index in [2.05, 4.69) is 4.98 Å². The molecule has 1 N–H and O–H groups in total. The number of rotatable bonds is 4. The first-order valence-electron chi connectivity index (χ1n) is 5.31. The summed E-state index contributed by atoms with van der Waals surface area (Å²) >= 11 is 1.24. The Morgan fingerprint density at radius 2 is 1.95 bits per heavy atom. The van der Waals surface area contributed by atoms with Gasteiger partial charge in [0.25, 0.3) is 0 Å². The Hall–Kier alpha value is -1.73. The Morgan fingerprint density at radius 3 is 2.42 bits per heavy atom. The van der Waals surface area contributed by atoms with Crippen molar-refractivity contribution in [2.24, 2.45) is 0 Å². The fourth-order valence-corrected chi connectivity index (χ4v) is 3.15. The number of nitrogens with zero attached hydrogens (tertiary/aromatic N) is 1. The zero-order valence-electron chi connectivity index (χ0n) is 10.0. The average molecular weight is 297 g/mol. The van der Waals surface area contributed by atoms with E-state index < -0.39 is 15.8 Å². The highest BCUT2D eigenvalue weighted by Gasteiger charge is 2.10. The van der Waals surface area contributed by atoms with Crippen molar-refractivity contribution in [1.82, 2.24) is 4.98 Å². The first kappa shape index (κ1) is 13.7. The largest absolute Gasteiger partial charge is 0.476 e. The second-order valence-corrected chi connectivity index (χ2v) is 7.11. The predicted molar refractivity (Wildman–Crippen MR) is 73.1 cm³/mol. The van der Waals surface area contributed by atoms with Crippen LogP contribution < -0.4 is 0 Å². The molecule has 1 aromatic carbocycles. The van der Waals surface area contributed by atoms with Crippen LogP contribution in [0.3, 0.4) is 0 Å². The molecule has 0 atom stereocenters. The monoisotopic (exact) mass is 297 g/mol. The molecule has 0 unspecified atom stereocenters. The number of aromatic nitrogens is 1. The van der Waals surface area contributed by atoms with Crippen molar-refractivity contribution in [3.8, 4) is 10.6 Å². The highest BCUT2D eigenvalue weighted by atomic mass is 32.2. The van der Waals surface area contributed by atoms with Crippen LogP contribution >= 0.6 is 11.3 Å². The van der Waals surface area contributed by atoms with Gasteiger partial charge >= 0.3 is 5.97 Å². The smallest absolute Gasteiger partial charge is 0.355 e. The van der Waals surface area contributed by atoms with Crippen molar-refractivity contribution in [3.63, 3.8) is 0 Å². The maximum absolute atomic E-state index is 11.2. The van der Waals surface area contributed by atoms with E-state index in [1.54, 1.807) is 24.3 Å². The summed E-state index contributed by atoms with van der Waals surface area (Å²) in [5.74, 6) is -1.07. The number of hydrogen-bond acceptors (Lipinski definition) is 5. The number of carboxylic acids is 1. The van der Waals surface area contributed by atoms with Gasteiger partial charge in [-0.25, -0.2) is 18.2 Å². The Balaban J connectivity index is 2.24. The lowest BCUT2D eigenvalue weighted by Gasteiger charge is -2.01. The number of carbonyl (C=O) groups is 1. The maximum Gasteiger partial charge on any atom is 0.355 e. The number of carboxylic acid groups (broad SMARTS) is 1. The van der Waals surface area contributed by atoms with Crippen molar-refractivity contribution in [1.29, 1.82) is 0 Å². The predicted octanol–water partition coefficient (Wildman–Crippen LogP) is 2.05. The van der Waals surface area contributed by atoms with Gasteiger partial charge in [0.05, 0.1) is 5.75 Å². The molecule has 0 spiro atoms. The zero-order valence-corrected chi connectivity index (χ0v) is 11.7. The molecule has 1 heterocycles. The summed E-state index contributed by atoms with van der Waals surface area (Å²) in [4.78, 5) is 14.7. The van der Waals surface area contributed by atoms with Crippen LogP contribution in [-0.2, 0) is 15.6 Å². The van der Waals surface area contributed by atoms with Crippen molar-refractivity contribution in [2.75, 3.05) is 6.26 Å². The molecule has 1 aromatic heterocycles. The van der Waals surface area contributed by atoms with Gasteiger partial charge in [0.1, 0.15) is 5.01 Å². The van der Waals surface area contributed by atoms with Crippen LogP contribution in [0.15, 0.2) is 29.6 Å². The van der Waals surface area contributed by atoms with Gasteiger partial charge in [0.2, 0.25) is 0 Å². The summed E-state index contributed by atoms with van der Waals surface area (Å²) in [6.45, 7) is 0. The fraction of sp³-hybridized carbons (Fsp3) is 0.167. The third kappa shape index (κ3) is 3.62. The van der Waals surface area contributed by atoms with Crippen LogP contribution in [0.5, 0.6) is 0 Å². The summed E-state index contributed by atoms with van der Waals surface area (Å²) in [7, 11) is -3.05. The first-order valence-corrected chi connectivity index (χ1v) is 8.25. The molecular weight excluding hydrogens is 286 g/mol. The van der Waals surface area contributed by atoms with Crippen LogP contribution in [0, 0.1) is 0 Å². The molecule has 2 rings (SSSR count). The second-order valence-electron chi connectivity index (χ2n) is 4.11. The topological polar surface area (TPSA) is 84.3 Å².